The molecule has 0 saturated carbocycles. The minimum absolute atomic E-state index is 0.246. The van der Waals surface area contributed by atoms with Crippen LogP contribution in [-0.4, -0.2) is 29.9 Å². The van der Waals surface area contributed by atoms with E-state index >= 15 is 0 Å². The molecule has 5 nitrogen and oxygen atoms in total. The first-order chi connectivity index (χ1) is 12.2. The second-order valence-electron chi connectivity index (χ2n) is 7.06. The lowest BCUT2D eigenvalue weighted by Crippen LogP contribution is -2.37. The van der Waals surface area contributed by atoms with Gasteiger partial charge in [0.05, 0.1) is 17.8 Å². The van der Waals surface area contributed by atoms with Gasteiger partial charge in [-0.15, -0.1) is 0 Å². The van der Waals surface area contributed by atoms with Gasteiger partial charge in [-0.1, -0.05) is 30.3 Å². The third-order valence-electron chi connectivity index (χ3n) is 4.16. The minimum atomic E-state index is -0.654. The highest BCUT2D eigenvalue weighted by molar-refractivity contribution is 6.07. The van der Waals surface area contributed by atoms with Crippen LogP contribution >= 0.6 is 0 Å². The van der Waals surface area contributed by atoms with Crippen molar-refractivity contribution in [3.63, 3.8) is 0 Å². The average molecular weight is 357 g/mol. The predicted molar refractivity (Wildman–Crippen MR) is 101 cm³/mol. The Morgan fingerprint density at radius 3 is 2.08 bits per heavy atom. The third kappa shape index (κ3) is 4.40. The van der Waals surface area contributed by atoms with Gasteiger partial charge in [-0.05, 0) is 47.1 Å². The average Bonchev–Trinajstić information content (AvgIpc) is 2.53. The molecule has 0 aliphatic carbocycles. The van der Waals surface area contributed by atoms with Crippen molar-refractivity contribution < 1.29 is 19.1 Å². The highest BCUT2D eigenvalue weighted by atomic mass is 16.5. The number of carbonyl (C=O) groups excluding carboxylic acids is 2. The van der Waals surface area contributed by atoms with Crippen LogP contribution in [0.4, 0.5) is 0 Å². The fourth-order valence-corrected chi connectivity index (χ4v) is 3.21. The summed E-state index contributed by atoms with van der Waals surface area (Å²) in [6.07, 6.45) is -0.503. The summed E-state index contributed by atoms with van der Waals surface area (Å²) in [7, 11) is 0. The molecule has 0 radical (unpaired) electrons. The Morgan fingerprint density at radius 2 is 1.54 bits per heavy atom. The fourth-order valence-electron chi connectivity index (χ4n) is 3.21. The molecule has 0 N–H and O–H groups in total. The molecule has 0 aromatic heterocycles. The van der Waals surface area contributed by atoms with Crippen molar-refractivity contribution in [2.24, 2.45) is 10.9 Å². The van der Waals surface area contributed by atoms with Gasteiger partial charge in [-0.3, -0.25) is 9.79 Å². The molecule has 26 heavy (non-hydrogen) atoms. The molecule has 1 aliphatic heterocycles. The van der Waals surface area contributed by atoms with E-state index < -0.39 is 17.8 Å². The topological polar surface area (TPSA) is 65.0 Å². The Bertz CT molecular complexity index is 732. The lowest BCUT2D eigenvalue weighted by molar-refractivity contribution is -0.150. The van der Waals surface area contributed by atoms with Crippen LogP contribution in [0, 0.1) is 5.92 Å². The molecule has 1 aromatic rings. The van der Waals surface area contributed by atoms with E-state index in [0.29, 0.717) is 17.0 Å². The van der Waals surface area contributed by atoms with E-state index in [0.717, 1.165) is 5.56 Å². The Morgan fingerprint density at radius 1 is 0.962 bits per heavy atom. The van der Waals surface area contributed by atoms with Gasteiger partial charge in [-0.2, -0.15) is 0 Å². The van der Waals surface area contributed by atoms with Gasteiger partial charge in [0, 0.05) is 17.3 Å². The van der Waals surface area contributed by atoms with Crippen molar-refractivity contribution in [2.45, 2.75) is 59.7 Å². The summed E-state index contributed by atoms with van der Waals surface area (Å²) in [6, 6.07) is 9.51. The van der Waals surface area contributed by atoms with Crippen molar-refractivity contribution in [1.82, 2.24) is 0 Å². The SMILES string of the molecule is CC1=NC(C)=C(C(=O)OC(C)C)C(c2ccccc2)C1C(=O)OC(C)C. The summed E-state index contributed by atoms with van der Waals surface area (Å²) >= 11 is 0. The summed E-state index contributed by atoms with van der Waals surface area (Å²) in [5.74, 6) is -1.95. The molecule has 1 aromatic carbocycles. The Labute approximate surface area is 155 Å². The van der Waals surface area contributed by atoms with Gasteiger partial charge in [-0.25, -0.2) is 4.79 Å². The highest BCUT2D eigenvalue weighted by Crippen LogP contribution is 2.40. The first-order valence-electron chi connectivity index (χ1n) is 8.94. The molecule has 2 rings (SSSR count). The lowest BCUT2D eigenvalue weighted by atomic mass is 9.75. The zero-order valence-electron chi connectivity index (χ0n) is 16.3. The van der Waals surface area contributed by atoms with Gasteiger partial charge < -0.3 is 9.47 Å². The van der Waals surface area contributed by atoms with Crippen LogP contribution in [0.25, 0.3) is 0 Å². The first kappa shape index (κ1) is 19.9. The molecule has 2 atom stereocenters. The van der Waals surface area contributed by atoms with E-state index in [1.807, 2.05) is 30.3 Å². The Kier molecular flexibility index (Phi) is 6.35. The van der Waals surface area contributed by atoms with Crippen molar-refractivity contribution in [3.05, 3.63) is 47.2 Å². The van der Waals surface area contributed by atoms with Gasteiger partial charge >= 0.3 is 11.9 Å². The largest absolute Gasteiger partial charge is 0.462 e. The van der Waals surface area contributed by atoms with Crippen LogP contribution in [0.1, 0.15) is 53.0 Å². The monoisotopic (exact) mass is 357 g/mol. The molecule has 1 heterocycles. The molecule has 5 heteroatoms. The van der Waals surface area contributed by atoms with Gasteiger partial charge in [0.25, 0.3) is 0 Å². The van der Waals surface area contributed by atoms with Crippen LogP contribution in [0.3, 0.4) is 0 Å². The number of hydrogen-bond donors (Lipinski definition) is 0. The summed E-state index contributed by atoms with van der Waals surface area (Å²) < 4.78 is 10.9. The number of benzene rings is 1. The van der Waals surface area contributed by atoms with Crippen LogP contribution in [0.5, 0.6) is 0 Å². The highest BCUT2D eigenvalue weighted by Gasteiger charge is 2.42. The second-order valence-corrected chi connectivity index (χ2v) is 7.06. The summed E-state index contributed by atoms with van der Waals surface area (Å²) in [5.41, 5.74) is 2.50. The quantitative estimate of drug-likeness (QED) is 0.746. The predicted octanol–water partition coefficient (Wildman–Crippen LogP) is 4.04. The molecular formula is C21H27NO4. The van der Waals surface area contributed by atoms with E-state index in [1.165, 1.54) is 0 Å². The number of aliphatic imine (C=N–C) groups is 1. The zero-order chi connectivity index (χ0) is 19.4. The Balaban J connectivity index is 2.57. The minimum Gasteiger partial charge on any atom is -0.462 e. The molecule has 140 valence electrons. The molecule has 0 saturated heterocycles. The summed E-state index contributed by atoms with van der Waals surface area (Å²) in [5, 5.41) is 0. The molecule has 0 bridgehead atoms. The normalized spacial score (nSPS) is 20.2. The molecule has 0 fully saturated rings. The maximum Gasteiger partial charge on any atom is 0.336 e. The molecular weight excluding hydrogens is 330 g/mol. The summed E-state index contributed by atoms with van der Waals surface area (Å²) in [4.78, 5) is 30.1. The molecule has 1 aliphatic rings. The van der Waals surface area contributed by atoms with Crippen LogP contribution in [0.15, 0.2) is 46.6 Å². The third-order valence-corrected chi connectivity index (χ3v) is 4.16. The van der Waals surface area contributed by atoms with Crippen LogP contribution < -0.4 is 0 Å². The maximum atomic E-state index is 12.8. The second kappa shape index (κ2) is 8.30. The van der Waals surface area contributed by atoms with Gasteiger partial charge in [0.1, 0.15) is 5.92 Å². The van der Waals surface area contributed by atoms with Crippen molar-refractivity contribution in [3.8, 4) is 0 Å². The lowest BCUT2D eigenvalue weighted by Gasteiger charge is -2.32. The van der Waals surface area contributed by atoms with E-state index in [2.05, 4.69) is 4.99 Å². The number of nitrogens with zero attached hydrogens (tertiary/aromatic N) is 1. The smallest absolute Gasteiger partial charge is 0.336 e. The zero-order valence-corrected chi connectivity index (χ0v) is 16.3. The number of ether oxygens (including phenoxy) is 2. The van der Waals surface area contributed by atoms with Crippen LogP contribution in [0.2, 0.25) is 0 Å². The molecule has 0 amide bonds. The number of esters is 2. The number of rotatable bonds is 5. The van der Waals surface area contributed by atoms with E-state index in [9.17, 15) is 9.59 Å². The summed E-state index contributed by atoms with van der Waals surface area (Å²) in [6.45, 7) is 10.8. The van der Waals surface area contributed by atoms with Gasteiger partial charge in [0.15, 0.2) is 0 Å². The van der Waals surface area contributed by atoms with Crippen LogP contribution in [-0.2, 0) is 19.1 Å². The fraction of sp³-hybridized carbons (Fsp3) is 0.476. The van der Waals surface area contributed by atoms with Crippen molar-refractivity contribution in [1.29, 1.82) is 0 Å². The number of allylic oxidation sites excluding steroid dienone is 1. The molecule has 0 spiro atoms. The van der Waals surface area contributed by atoms with E-state index in [-0.39, 0.29) is 18.2 Å². The standard InChI is InChI=1S/C21H27NO4/c1-12(2)25-20(23)17-14(5)22-15(6)18(21(24)26-13(3)4)19(17)16-10-8-7-9-11-16/h7-13,17,19H,1-6H3. The molecule has 2 unspecified atom stereocenters. The van der Waals surface area contributed by atoms with E-state index in [4.69, 9.17) is 9.47 Å². The van der Waals surface area contributed by atoms with Gasteiger partial charge in [0.2, 0.25) is 0 Å². The van der Waals surface area contributed by atoms with Crippen molar-refractivity contribution >= 4 is 17.7 Å². The number of hydrogen-bond acceptors (Lipinski definition) is 5. The first-order valence-corrected chi connectivity index (χ1v) is 8.94. The Hall–Kier alpha value is -2.43. The number of carbonyl (C=O) groups is 2. The van der Waals surface area contributed by atoms with E-state index in [1.54, 1.807) is 41.5 Å². The maximum absolute atomic E-state index is 12.8. The van der Waals surface area contributed by atoms with Crippen molar-refractivity contribution in [2.75, 3.05) is 0 Å².